The standard InChI is InChI=1S/C28H42N4O2S/c1-9-11-21(3)31-16-14-22(15-17-31)19-32-26-13-12-24(18-25(26)29-27(32)28(4,5)6)35(33,34)23(10-2)20-30(7)8/h10-13,18,20,22H,2,9,14-17,19H2,1,3-8H3/b21-11+,23-20+. The minimum absolute atomic E-state index is 0.156. The third kappa shape index (κ3) is 6.00. The van der Waals surface area contributed by atoms with E-state index < -0.39 is 9.84 Å². The Kier molecular flexibility index (Phi) is 8.20. The van der Waals surface area contributed by atoms with Crippen molar-refractivity contribution in [3.05, 3.63) is 59.6 Å². The van der Waals surface area contributed by atoms with Crippen LogP contribution < -0.4 is 0 Å². The Morgan fingerprint density at radius 3 is 2.43 bits per heavy atom. The molecule has 1 fully saturated rings. The first-order valence-electron chi connectivity index (χ1n) is 12.6. The summed E-state index contributed by atoms with van der Waals surface area (Å²) in [5, 5.41) is 0. The van der Waals surface area contributed by atoms with Crippen LogP contribution >= 0.6 is 0 Å². The molecule has 1 aliphatic rings. The fraction of sp³-hybridized carbons (Fsp3) is 0.536. The Morgan fingerprint density at radius 1 is 1.23 bits per heavy atom. The van der Waals surface area contributed by atoms with Gasteiger partial charge < -0.3 is 14.4 Å². The summed E-state index contributed by atoms with van der Waals surface area (Å²) in [5.41, 5.74) is 2.94. The number of fused-ring (bicyclic) bond motifs is 1. The molecule has 2 heterocycles. The van der Waals surface area contributed by atoms with Crippen LogP contribution in [0.25, 0.3) is 11.0 Å². The fourth-order valence-corrected chi connectivity index (χ4v) is 6.16. The summed E-state index contributed by atoms with van der Waals surface area (Å²) in [4.78, 5) is 9.59. The van der Waals surface area contributed by atoms with Gasteiger partial charge in [0.05, 0.1) is 20.8 Å². The molecule has 7 heteroatoms. The Labute approximate surface area is 211 Å². The first kappa shape index (κ1) is 27.1. The minimum atomic E-state index is -3.68. The van der Waals surface area contributed by atoms with E-state index in [1.165, 1.54) is 11.8 Å². The maximum atomic E-state index is 13.3. The van der Waals surface area contributed by atoms with Crippen LogP contribution in [-0.4, -0.2) is 55.0 Å². The molecule has 0 aliphatic carbocycles. The minimum Gasteiger partial charge on any atom is -0.382 e. The third-order valence-electron chi connectivity index (χ3n) is 6.65. The number of likely N-dealkylation sites (tertiary alicyclic amines) is 1. The van der Waals surface area contributed by atoms with Crippen molar-refractivity contribution in [2.45, 2.75) is 70.7 Å². The van der Waals surface area contributed by atoms with Crippen molar-refractivity contribution in [3.63, 3.8) is 0 Å². The van der Waals surface area contributed by atoms with Crippen molar-refractivity contribution >= 4 is 20.9 Å². The Bertz CT molecular complexity index is 1220. The molecule has 6 nitrogen and oxygen atoms in total. The van der Waals surface area contributed by atoms with E-state index in [1.54, 1.807) is 37.3 Å². The average molecular weight is 499 g/mol. The van der Waals surface area contributed by atoms with E-state index in [-0.39, 0.29) is 15.2 Å². The highest BCUT2D eigenvalue weighted by Crippen LogP contribution is 2.32. The van der Waals surface area contributed by atoms with Crippen molar-refractivity contribution in [1.29, 1.82) is 0 Å². The number of nitrogens with zero attached hydrogens (tertiary/aromatic N) is 4. The summed E-state index contributed by atoms with van der Waals surface area (Å²) in [6.45, 7) is 17.7. The monoisotopic (exact) mass is 498 g/mol. The highest BCUT2D eigenvalue weighted by atomic mass is 32.2. The van der Waals surface area contributed by atoms with Gasteiger partial charge in [-0.2, -0.15) is 0 Å². The maximum Gasteiger partial charge on any atom is 0.208 e. The zero-order chi connectivity index (χ0) is 26.0. The topological polar surface area (TPSA) is 58.4 Å². The van der Waals surface area contributed by atoms with Crippen molar-refractivity contribution in [3.8, 4) is 0 Å². The predicted molar refractivity (Wildman–Crippen MR) is 146 cm³/mol. The van der Waals surface area contributed by atoms with Crippen molar-refractivity contribution in [2.24, 2.45) is 5.92 Å². The van der Waals surface area contributed by atoms with E-state index in [0.29, 0.717) is 5.92 Å². The quantitative estimate of drug-likeness (QED) is 0.436. The van der Waals surface area contributed by atoms with E-state index in [1.807, 2.05) is 6.07 Å². The first-order chi connectivity index (χ1) is 16.4. The molecule has 0 amide bonds. The summed E-state index contributed by atoms with van der Waals surface area (Å²) >= 11 is 0. The molecule has 2 aromatic rings. The second kappa shape index (κ2) is 10.6. The van der Waals surface area contributed by atoms with Crippen LogP contribution in [0, 0.1) is 5.92 Å². The molecule has 0 spiro atoms. The molecule has 3 rings (SSSR count). The SMILES string of the molecule is C=C/C(=C\N(C)C)S(=O)(=O)c1ccc2c(c1)nc(C(C)(C)C)n2CC1CCN(/C(C)=C/CC)CC1. The molecule has 1 aromatic heterocycles. The van der Waals surface area contributed by atoms with Gasteiger partial charge >= 0.3 is 0 Å². The van der Waals surface area contributed by atoms with E-state index in [4.69, 9.17) is 4.98 Å². The van der Waals surface area contributed by atoms with Gasteiger partial charge in [-0.05, 0) is 56.4 Å². The molecule has 1 aromatic carbocycles. The highest BCUT2D eigenvalue weighted by molar-refractivity contribution is 7.95. The zero-order valence-corrected chi connectivity index (χ0v) is 23.3. The van der Waals surface area contributed by atoms with Gasteiger partial charge in [0.15, 0.2) is 0 Å². The number of hydrogen-bond acceptors (Lipinski definition) is 5. The number of aromatic nitrogens is 2. The molecule has 1 saturated heterocycles. The summed E-state index contributed by atoms with van der Waals surface area (Å²) in [6.07, 6.45) is 8.63. The zero-order valence-electron chi connectivity index (χ0n) is 22.5. The van der Waals surface area contributed by atoms with Crippen LogP contribution in [-0.2, 0) is 21.8 Å². The second-order valence-corrected chi connectivity index (χ2v) is 12.8. The van der Waals surface area contributed by atoms with E-state index in [2.05, 4.69) is 56.7 Å². The van der Waals surface area contributed by atoms with Gasteiger partial charge in [-0.25, -0.2) is 13.4 Å². The molecule has 35 heavy (non-hydrogen) atoms. The van der Waals surface area contributed by atoms with Crippen LogP contribution in [0.4, 0.5) is 0 Å². The second-order valence-electron chi connectivity index (χ2n) is 10.8. The first-order valence-corrected chi connectivity index (χ1v) is 14.0. The van der Waals surface area contributed by atoms with Crippen molar-refractivity contribution in [2.75, 3.05) is 27.2 Å². The van der Waals surface area contributed by atoms with E-state index >= 15 is 0 Å². The average Bonchev–Trinajstić information content (AvgIpc) is 3.16. The smallest absolute Gasteiger partial charge is 0.208 e. The van der Waals surface area contributed by atoms with Gasteiger partial charge in [-0.1, -0.05) is 40.3 Å². The summed E-state index contributed by atoms with van der Waals surface area (Å²) in [6, 6.07) is 5.34. The molecular weight excluding hydrogens is 456 g/mol. The van der Waals surface area contributed by atoms with Crippen LogP contribution in [0.1, 0.15) is 59.7 Å². The Balaban J connectivity index is 1.96. The van der Waals surface area contributed by atoms with E-state index in [0.717, 1.165) is 55.8 Å². The summed E-state index contributed by atoms with van der Waals surface area (Å²) in [7, 11) is -0.0877. The molecule has 0 unspecified atom stereocenters. The largest absolute Gasteiger partial charge is 0.382 e. The normalized spacial score (nSPS) is 16.7. The molecule has 0 N–H and O–H groups in total. The molecule has 0 radical (unpaired) electrons. The lowest BCUT2D eigenvalue weighted by Crippen LogP contribution is -2.34. The number of piperidine rings is 1. The lowest BCUT2D eigenvalue weighted by molar-refractivity contribution is 0.210. The van der Waals surface area contributed by atoms with Crippen LogP contribution in [0.3, 0.4) is 0 Å². The van der Waals surface area contributed by atoms with Crippen LogP contribution in [0.2, 0.25) is 0 Å². The summed E-state index contributed by atoms with van der Waals surface area (Å²) in [5.74, 6) is 1.57. The lowest BCUT2D eigenvalue weighted by atomic mass is 9.93. The van der Waals surface area contributed by atoms with Gasteiger partial charge in [0, 0.05) is 51.0 Å². The maximum absolute atomic E-state index is 13.3. The van der Waals surface area contributed by atoms with Crippen molar-refractivity contribution in [1.82, 2.24) is 19.4 Å². The number of imidazole rings is 1. The van der Waals surface area contributed by atoms with Crippen LogP contribution in [0.15, 0.2) is 58.6 Å². The highest BCUT2D eigenvalue weighted by Gasteiger charge is 2.28. The number of hydrogen-bond donors (Lipinski definition) is 0. The van der Waals surface area contributed by atoms with Gasteiger partial charge in [0.25, 0.3) is 0 Å². The number of rotatable bonds is 8. The number of benzene rings is 1. The lowest BCUT2D eigenvalue weighted by Gasteiger charge is -2.35. The molecule has 0 bridgehead atoms. The Morgan fingerprint density at radius 2 is 1.89 bits per heavy atom. The van der Waals surface area contributed by atoms with Crippen LogP contribution in [0.5, 0.6) is 0 Å². The molecule has 192 valence electrons. The third-order valence-corrected chi connectivity index (χ3v) is 8.42. The molecular formula is C28H42N4O2S. The predicted octanol–water partition coefficient (Wildman–Crippen LogP) is 5.72. The molecule has 1 aliphatic heterocycles. The van der Waals surface area contributed by atoms with Gasteiger partial charge in [0.1, 0.15) is 5.82 Å². The summed E-state index contributed by atoms with van der Waals surface area (Å²) < 4.78 is 28.9. The number of sulfone groups is 1. The van der Waals surface area contributed by atoms with Crippen molar-refractivity contribution < 1.29 is 8.42 Å². The Hall–Kier alpha value is -2.54. The molecule has 0 saturated carbocycles. The van der Waals surface area contributed by atoms with Gasteiger partial charge in [-0.15, -0.1) is 0 Å². The van der Waals surface area contributed by atoms with Gasteiger partial charge in [-0.3, -0.25) is 0 Å². The van der Waals surface area contributed by atoms with E-state index in [9.17, 15) is 8.42 Å². The van der Waals surface area contributed by atoms with Gasteiger partial charge in [0.2, 0.25) is 9.84 Å². The number of allylic oxidation sites excluding steroid dienone is 3. The molecule has 0 atom stereocenters. The fourth-order valence-electron chi connectivity index (χ4n) is 4.81.